The van der Waals surface area contributed by atoms with Crippen LogP contribution in [0.25, 0.3) is 0 Å². The van der Waals surface area contributed by atoms with Crippen LogP contribution in [0.5, 0.6) is 5.75 Å². The smallest absolute Gasteiger partial charge is 0.387 e. The molecule has 1 aromatic carbocycles. The second-order valence-corrected chi connectivity index (χ2v) is 4.25. The zero-order valence-electron chi connectivity index (χ0n) is 12.6. The lowest BCUT2D eigenvalue weighted by molar-refractivity contribution is -0.0498. The number of rotatable bonds is 6. The highest BCUT2D eigenvalue weighted by molar-refractivity contribution is 14.0. The number of guanidine groups is 1. The summed E-state index contributed by atoms with van der Waals surface area (Å²) in [5, 5.41) is 3.13. The number of benzene rings is 1. The monoisotopic (exact) mass is 423 g/mol. The lowest BCUT2D eigenvalue weighted by Crippen LogP contribution is -2.38. The molecule has 0 heterocycles. The number of halogens is 3. The van der Waals surface area contributed by atoms with Crippen LogP contribution < -0.4 is 10.1 Å². The summed E-state index contributed by atoms with van der Waals surface area (Å²) in [5.74, 6) is 3.30. The Hall–Kier alpha value is -1.56. The number of hydrogen-bond donors (Lipinski definition) is 1. The maximum atomic E-state index is 12.1. The van der Waals surface area contributed by atoms with E-state index in [0.717, 1.165) is 12.1 Å². The van der Waals surface area contributed by atoms with Crippen molar-refractivity contribution < 1.29 is 13.5 Å². The van der Waals surface area contributed by atoms with Crippen molar-refractivity contribution in [2.45, 2.75) is 20.1 Å². The van der Waals surface area contributed by atoms with Crippen molar-refractivity contribution in [1.29, 1.82) is 0 Å². The molecule has 0 bridgehead atoms. The minimum absolute atomic E-state index is 0. The van der Waals surface area contributed by atoms with E-state index < -0.39 is 6.61 Å². The highest BCUT2D eigenvalue weighted by atomic mass is 127. The first-order valence-electron chi connectivity index (χ1n) is 6.53. The molecule has 22 heavy (non-hydrogen) atoms. The fourth-order valence-electron chi connectivity index (χ4n) is 1.72. The van der Waals surface area contributed by atoms with Crippen molar-refractivity contribution in [3.63, 3.8) is 0 Å². The van der Waals surface area contributed by atoms with Crippen LogP contribution in [0.2, 0.25) is 0 Å². The van der Waals surface area contributed by atoms with Crippen LogP contribution in [0.1, 0.15) is 12.5 Å². The molecule has 0 saturated carbocycles. The van der Waals surface area contributed by atoms with Crippen molar-refractivity contribution in [3.8, 4) is 18.1 Å². The number of hydrogen-bond acceptors (Lipinski definition) is 2. The van der Waals surface area contributed by atoms with E-state index in [2.05, 4.69) is 21.0 Å². The first-order valence-corrected chi connectivity index (χ1v) is 6.53. The molecule has 0 atom stereocenters. The minimum Gasteiger partial charge on any atom is -0.435 e. The molecule has 1 N–H and O–H groups in total. The number of nitrogens with one attached hydrogen (secondary N) is 1. The van der Waals surface area contributed by atoms with E-state index in [1.807, 2.05) is 18.9 Å². The predicted molar refractivity (Wildman–Crippen MR) is 94.8 cm³/mol. The topological polar surface area (TPSA) is 36.9 Å². The van der Waals surface area contributed by atoms with Crippen LogP contribution in [0.15, 0.2) is 29.3 Å². The molecular weight excluding hydrogens is 403 g/mol. The number of nitrogens with zero attached hydrogens (tertiary/aromatic N) is 2. The Morgan fingerprint density at radius 3 is 2.55 bits per heavy atom. The summed E-state index contributed by atoms with van der Waals surface area (Å²) in [6.45, 7) is 0.763. The Bertz CT molecular complexity index is 501. The molecule has 1 rings (SSSR count). The third-order valence-corrected chi connectivity index (χ3v) is 2.58. The van der Waals surface area contributed by atoms with Gasteiger partial charge in [0.15, 0.2) is 5.96 Å². The summed E-state index contributed by atoms with van der Waals surface area (Å²) in [4.78, 5) is 6.16. The highest BCUT2D eigenvalue weighted by Gasteiger charge is 2.07. The summed E-state index contributed by atoms with van der Waals surface area (Å²) in [7, 11) is 1.88. The van der Waals surface area contributed by atoms with Gasteiger partial charge in [-0.25, -0.2) is 4.99 Å². The third-order valence-electron chi connectivity index (χ3n) is 2.58. The van der Waals surface area contributed by atoms with Gasteiger partial charge in [0.1, 0.15) is 12.3 Å². The molecule has 0 saturated heterocycles. The van der Waals surface area contributed by atoms with Crippen LogP contribution in [-0.2, 0) is 6.54 Å². The highest BCUT2D eigenvalue weighted by Crippen LogP contribution is 2.15. The average Bonchev–Trinajstić information content (AvgIpc) is 2.45. The van der Waals surface area contributed by atoms with Crippen molar-refractivity contribution in [3.05, 3.63) is 29.8 Å². The van der Waals surface area contributed by atoms with Crippen molar-refractivity contribution >= 4 is 29.9 Å². The second-order valence-electron chi connectivity index (χ2n) is 4.25. The van der Waals surface area contributed by atoms with Crippen molar-refractivity contribution in [2.24, 2.45) is 4.99 Å². The third kappa shape index (κ3) is 7.45. The molecule has 4 nitrogen and oxygen atoms in total. The molecule has 122 valence electrons. The number of terminal acetylenes is 1. The number of aliphatic imine (C=N–C) groups is 1. The Morgan fingerprint density at radius 1 is 1.41 bits per heavy atom. The van der Waals surface area contributed by atoms with Crippen LogP contribution in [0.4, 0.5) is 8.78 Å². The van der Waals surface area contributed by atoms with Gasteiger partial charge in [-0.05, 0) is 24.6 Å². The molecule has 7 heteroatoms. The molecular formula is C15H20F2IN3O. The van der Waals surface area contributed by atoms with E-state index in [1.54, 1.807) is 12.1 Å². The van der Waals surface area contributed by atoms with Crippen molar-refractivity contribution in [1.82, 2.24) is 10.2 Å². The van der Waals surface area contributed by atoms with Gasteiger partial charge >= 0.3 is 6.61 Å². The molecule has 1 aromatic rings. The van der Waals surface area contributed by atoms with E-state index >= 15 is 0 Å². The van der Waals surface area contributed by atoms with Gasteiger partial charge in [0.25, 0.3) is 0 Å². The van der Waals surface area contributed by atoms with E-state index in [0.29, 0.717) is 19.0 Å². The molecule has 0 amide bonds. The van der Waals surface area contributed by atoms with Gasteiger partial charge in [0, 0.05) is 20.1 Å². The van der Waals surface area contributed by atoms with Crippen LogP contribution in [0.3, 0.4) is 0 Å². The van der Waals surface area contributed by atoms with E-state index in [9.17, 15) is 8.78 Å². The van der Waals surface area contributed by atoms with Gasteiger partial charge in [-0.15, -0.1) is 30.4 Å². The largest absolute Gasteiger partial charge is 0.435 e. The quantitative estimate of drug-likeness (QED) is 0.331. The molecule has 0 aliphatic carbocycles. The van der Waals surface area contributed by atoms with E-state index in [-0.39, 0.29) is 29.7 Å². The standard InChI is InChI=1S/C15H19F2N3O.HI/c1-4-10-19-15(18-5-2)20(3)11-12-6-8-13(9-7-12)21-14(16)17;/h1,6-9,14H,5,10-11H2,2-3H3,(H,18,19);1H. The zero-order chi connectivity index (χ0) is 15.7. The summed E-state index contributed by atoms with van der Waals surface area (Å²) in [6.07, 6.45) is 5.20. The van der Waals surface area contributed by atoms with Gasteiger partial charge in [-0.2, -0.15) is 8.78 Å². The summed E-state index contributed by atoms with van der Waals surface area (Å²) < 4.78 is 28.4. The first-order chi connectivity index (χ1) is 10.1. The molecule has 0 aliphatic heterocycles. The fourth-order valence-corrected chi connectivity index (χ4v) is 1.72. The lowest BCUT2D eigenvalue weighted by Gasteiger charge is -2.22. The predicted octanol–water partition coefficient (Wildman–Crippen LogP) is 2.94. The summed E-state index contributed by atoms with van der Waals surface area (Å²) in [6, 6.07) is 6.50. The first kappa shape index (κ1) is 20.4. The molecule has 0 unspecified atom stereocenters. The maximum Gasteiger partial charge on any atom is 0.387 e. The minimum atomic E-state index is -2.81. The zero-order valence-corrected chi connectivity index (χ0v) is 14.9. The summed E-state index contributed by atoms with van der Waals surface area (Å²) in [5.41, 5.74) is 0.949. The molecule has 0 fully saturated rings. The molecule has 0 spiro atoms. The normalized spacial score (nSPS) is 10.6. The number of alkyl halides is 2. The van der Waals surface area contributed by atoms with E-state index in [1.165, 1.54) is 12.1 Å². The maximum absolute atomic E-state index is 12.1. The van der Waals surface area contributed by atoms with Crippen LogP contribution >= 0.6 is 24.0 Å². The number of ether oxygens (including phenoxy) is 1. The van der Waals surface area contributed by atoms with Gasteiger partial charge < -0.3 is 15.0 Å². The van der Waals surface area contributed by atoms with Crippen LogP contribution in [-0.4, -0.2) is 37.6 Å². The second kappa shape index (κ2) is 11.1. The average molecular weight is 423 g/mol. The van der Waals surface area contributed by atoms with Crippen molar-refractivity contribution in [2.75, 3.05) is 20.1 Å². The fraction of sp³-hybridized carbons (Fsp3) is 0.400. The Labute approximate surface area is 147 Å². The Balaban J connectivity index is 0.00000441. The molecule has 0 radical (unpaired) electrons. The van der Waals surface area contributed by atoms with Gasteiger partial charge in [0.2, 0.25) is 0 Å². The molecule has 0 aromatic heterocycles. The van der Waals surface area contributed by atoms with Gasteiger partial charge in [-0.1, -0.05) is 18.1 Å². The van der Waals surface area contributed by atoms with Crippen LogP contribution in [0, 0.1) is 12.3 Å². The van der Waals surface area contributed by atoms with Gasteiger partial charge in [-0.3, -0.25) is 0 Å². The Morgan fingerprint density at radius 2 is 2.05 bits per heavy atom. The van der Waals surface area contributed by atoms with Gasteiger partial charge in [0.05, 0.1) is 0 Å². The van der Waals surface area contributed by atoms with E-state index in [4.69, 9.17) is 6.42 Å². The lowest BCUT2D eigenvalue weighted by atomic mass is 10.2. The summed E-state index contributed by atoms with van der Waals surface area (Å²) >= 11 is 0. The molecule has 0 aliphatic rings. The SMILES string of the molecule is C#CCN=C(NCC)N(C)Cc1ccc(OC(F)F)cc1.I. The Kier molecular flexibility index (Phi) is 10.3.